The number of aryl methyl sites for hydroxylation is 1. The summed E-state index contributed by atoms with van der Waals surface area (Å²) in [4.78, 5) is 11.9. The summed E-state index contributed by atoms with van der Waals surface area (Å²) in [6.45, 7) is 0.666. The average molecular weight is 212 g/mol. The number of hydrogen-bond donors (Lipinski definition) is 0. The molecule has 2 heterocycles. The van der Waals surface area contributed by atoms with Crippen molar-refractivity contribution in [3.05, 3.63) is 18.0 Å². The minimum Gasteiger partial charge on any atom is -0.368 e. The summed E-state index contributed by atoms with van der Waals surface area (Å²) in [5.41, 5.74) is 0.623. The van der Waals surface area contributed by atoms with Crippen LogP contribution in [-0.4, -0.2) is 39.8 Å². The van der Waals surface area contributed by atoms with Crippen molar-refractivity contribution in [2.75, 3.05) is 18.1 Å². The van der Waals surface area contributed by atoms with Crippen molar-refractivity contribution >= 4 is 17.5 Å². The zero-order chi connectivity index (χ0) is 9.97. The van der Waals surface area contributed by atoms with Crippen LogP contribution in [0.25, 0.3) is 0 Å². The van der Waals surface area contributed by atoms with Gasteiger partial charge in [-0.15, -0.1) is 0 Å². The topological polar surface area (TPSA) is 44.1 Å². The third kappa shape index (κ3) is 1.83. The third-order valence-electron chi connectivity index (χ3n) is 2.18. The first kappa shape index (κ1) is 9.73. The van der Waals surface area contributed by atoms with E-state index in [2.05, 4.69) is 5.10 Å². The van der Waals surface area contributed by atoms with Crippen LogP contribution in [0.2, 0.25) is 0 Å². The monoisotopic (exact) mass is 212 g/mol. The molecule has 1 aliphatic rings. The van der Waals surface area contributed by atoms with Gasteiger partial charge in [0.25, 0.3) is 0 Å². The average Bonchev–Trinajstić information content (AvgIpc) is 2.65. The van der Waals surface area contributed by atoms with Gasteiger partial charge in [0.1, 0.15) is 11.8 Å². The van der Waals surface area contributed by atoms with Gasteiger partial charge in [0.2, 0.25) is 5.78 Å². The summed E-state index contributed by atoms with van der Waals surface area (Å²) in [6.07, 6.45) is 1.34. The van der Waals surface area contributed by atoms with Gasteiger partial charge in [-0.25, -0.2) is 0 Å². The van der Waals surface area contributed by atoms with Crippen molar-refractivity contribution in [3.8, 4) is 0 Å². The van der Waals surface area contributed by atoms with E-state index in [0.717, 1.165) is 11.5 Å². The normalized spacial score (nSPS) is 22.2. The van der Waals surface area contributed by atoms with Gasteiger partial charge in [-0.05, 0) is 6.07 Å². The summed E-state index contributed by atoms with van der Waals surface area (Å²) in [6, 6.07) is 1.73. The van der Waals surface area contributed by atoms with Gasteiger partial charge in [-0.2, -0.15) is 16.9 Å². The number of carbonyl (C=O) groups is 1. The van der Waals surface area contributed by atoms with Crippen molar-refractivity contribution in [2.24, 2.45) is 7.05 Å². The quantitative estimate of drug-likeness (QED) is 0.678. The molecular formula is C9H12N2O2S. The van der Waals surface area contributed by atoms with Gasteiger partial charge in [0.05, 0.1) is 6.61 Å². The Morgan fingerprint density at radius 2 is 2.64 bits per heavy atom. The maximum atomic E-state index is 11.9. The van der Waals surface area contributed by atoms with Crippen LogP contribution >= 0.6 is 11.8 Å². The lowest BCUT2D eigenvalue weighted by Gasteiger charge is -2.20. The van der Waals surface area contributed by atoms with Crippen LogP contribution in [0, 0.1) is 0 Å². The second kappa shape index (κ2) is 4.14. The van der Waals surface area contributed by atoms with Crippen molar-refractivity contribution < 1.29 is 9.53 Å². The lowest BCUT2D eigenvalue weighted by molar-refractivity contribution is 0.0510. The number of nitrogens with zero attached hydrogens (tertiary/aromatic N) is 2. The molecule has 0 amide bonds. The molecular weight excluding hydrogens is 200 g/mol. The Kier molecular flexibility index (Phi) is 2.88. The van der Waals surface area contributed by atoms with Crippen LogP contribution in [0.3, 0.4) is 0 Å². The number of Topliss-reactive ketones (excluding diaryl/α,β-unsaturated/α-hetero) is 1. The Morgan fingerprint density at radius 1 is 1.79 bits per heavy atom. The zero-order valence-corrected chi connectivity index (χ0v) is 8.79. The number of ketones is 1. The SMILES string of the molecule is Cn1nccc1C(=O)C1CSCCO1. The number of rotatable bonds is 2. The minimum absolute atomic E-state index is 0.0391. The predicted octanol–water partition coefficient (Wildman–Crippen LogP) is 0.735. The maximum absolute atomic E-state index is 11.9. The van der Waals surface area contributed by atoms with Crippen molar-refractivity contribution in [1.82, 2.24) is 9.78 Å². The number of hydrogen-bond acceptors (Lipinski definition) is 4. The summed E-state index contributed by atoms with van der Waals surface area (Å²) in [7, 11) is 1.77. The predicted molar refractivity (Wildman–Crippen MR) is 54.6 cm³/mol. The van der Waals surface area contributed by atoms with E-state index in [1.807, 2.05) is 0 Å². The summed E-state index contributed by atoms with van der Waals surface area (Å²) in [5, 5.41) is 3.97. The van der Waals surface area contributed by atoms with Gasteiger partial charge < -0.3 is 4.74 Å². The fourth-order valence-corrected chi connectivity index (χ4v) is 2.26. The molecule has 0 spiro atoms. The molecule has 14 heavy (non-hydrogen) atoms. The van der Waals surface area contributed by atoms with Crippen LogP contribution in [0.15, 0.2) is 12.3 Å². The molecule has 76 valence electrons. The van der Waals surface area contributed by atoms with E-state index in [9.17, 15) is 4.79 Å². The van der Waals surface area contributed by atoms with Gasteiger partial charge in [-0.1, -0.05) is 0 Å². The molecule has 0 aromatic carbocycles. The van der Waals surface area contributed by atoms with Gasteiger partial charge in [-0.3, -0.25) is 9.48 Å². The summed E-state index contributed by atoms with van der Waals surface area (Å²) in [5.74, 6) is 1.77. The number of carbonyl (C=O) groups excluding carboxylic acids is 1. The molecule has 5 heteroatoms. The van der Waals surface area contributed by atoms with Crippen LogP contribution < -0.4 is 0 Å². The molecule has 0 bridgehead atoms. The summed E-state index contributed by atoms with van der Waals surface area (Å²) < 4.78 is 7.00. The first-order chi connectivity index (χ1) is 6.79. The standard InChI is InChI=1S/C9H12N2O2S/c1-11-7(2-3-10-11)9(12)8-6-14-5-4-13-8/h2-3,8H,4-6H2,1H3. The highest BCUT2D eigenvalue weighted by atomic mass is 32.2. The van der Waals surface area contributed by atoms with E-state index in [0.29, 0.717) is 12.3 Å². The first-order valence-corrected chi connectivity index (χ1v) is 5.66. The Morgan fingerprint density at radius 3 is 3.21 bits per heavy atom. The highest BCUT2D eigenvalue weighted by Gasteiger charge is 2.25. The van der Waals surface area contributed by atoms with Crippen molar-refractivity contribution in [3.63, 3.8) is 0 Å². The first-order valence-electron chi connectivity index (χ1n) is 4.50. The number of thioether (sulfide) groups is 1. The van der Waals surface area contributed by atoms with Crippen molar-refractivity contribution in [1.29, 1.82) is 0 Å². The smallest absolute Gasteiger partial charge is 0.210 e. The molecule has 2 rings (SSSR count). The largest absolute Gasteiger partial charge is 0.368 e. The fraction of sp³-hybridized carbons (Fsp3) is 0.556. The van der Waals surface area contributed by atoms with Crippen LogP contribution in [0.4, 0.5) is 0 Å². The Hall–Kier alpha value is -0.810. The van der Waals surface area contributed by atoms with E-state index >= 15 is 0 Å². The molecule has 1 aliphatic heterocycles. The van der Waals surface area contributed by atoms with Gasteiger partial charge >= 0.3 is 0 Å². The molecule has 1 atom stereocenters. The Labute approximate surface area is 86.6 Å². The lowest BCUT2D eigenvalue weighted by Crippen LogP contribution is -2.32. The van der Waals surface area contributed by atoms with E-state index in [1.54, 1.807) is 35.8 Å². The Bertz CT molecular complexity index is 331. The van der Waals surface area contributed by atoms with E-state index in [-0.39, 0.29) is 11.9 Å². The molecule has 0 saturated carbocycles. The van der Waals surface area contributed by atoms with E-state index < -0.39 is 0 Å². The molecule has 1 aromatic rings. The van der Waals surface area contributed by atoms with Crippen LogP contribution in [0.1, 0.15) is 10.5 Å². The molecule has 4 nitrogen and oxygen atoms in total. The maximum Gasteiger partial charge on any atom is 0.210 e. The van der Waals surface area contributed by atoms with Crippen molar-refractivity contribution in [2.45, 2.75) is 6.10 Å². The number of aromatic nitrogens is 2. The lowest BCUT2D eigenvalue weighted by atomic mass is 10.2. The second-order valence-electron chi connectivity index (χ2n) is 3.14. The van der Waals surface area contributed by atoms with E-state index in [4.69, 9.17) is 4.74 Å². The molecule has 1 saturated heterocycles. The highest BCUT2D eigenvalue weighted by molar-refractivity contribution is 7.99. The minimum atomic E-state index is -0.288. The highest BCUT2D eigenvalue weighted by Crippen LogP contribution is 2.16. The molecule has 1 unspecified atom stereocenters. The summed E-state index contributed by atoms with van der Waals surface area (Å²) >= 11 is 1.76. The third-order valence-corrected chi connectivity index (χ3v) is 3.18. The molecule has 0 radical (unpaired) electrons. The Balaban J connectivity index is 2.11. The zero-order valence-electron chi connectivity index (χ0n) is 7.97. The van der Waals surface area contributed by atoms with Gasteiger partial charge in [0.15, 0.2) is 0 Å². The number of ether oxygens (including phenoxy) is 1. The van der Waals surface area contributed by atoms with Crippen LogP contribution in [0.5, 0.6) is 0 Å². The van der Waals surface area contributed by atoms with Gasteiger partial charge in [0, 0.05) is 24.8 Å². The fourth-order valence-electron chi connectivity index (χ4n) is 1.42. The molecule has 1 aromatic heterocycles. The molecule has 1 fully saturated rings. The second-order valence-corrected chi connectivity index (χ2v) is 4.29. The van der Waals surface area contributed by atoms with Crippen LogP contribution in [-0.2, 0) is 11.8 Å². The molecule has 0 aliphatic carbocycles. The molecule has 0 N–H and O–H groups in total. The van der Waals surface area contributed by atoms with E-state index in [1.165, 1.54) is 0 Å².